The first-order valence-electron chi connectivity index (χ1n) is 14.0. The number of rotatable bonds is 6. The molecule has 4 aliphatic carbocycles. The highest BCUT2D eigenvalue weighted by Gasteiger charge is 2.50. The van der Waals surface area contributed by atoms with Crippen LogP contribution < -0.4 is 5.32 Å². The first-order chi connectivity index (χ1) is 18.3. The van der Waals surface area contributed by atoms with Crippen LogP contribution in [0.15, 0.2) is 59.6 Å². The molecular formula is C31H37N3O4. The summed E-state index contributed by atoms with van der Waals surface area (Å²) in [5, 5.41) is 13.0. The van der Waals surface area contributed by atoms with Crippen molar-refractivity contribution in [1.29, 1.82) is 0 Å². The third kappa shape index (κ3) is 4.62. The molecule has 5 aliphatic rings. The number of nitrogens with zero attached hydrogens (tertiary/aromatic N) is 2. The molecule has 0 spiro atoms. The molecule has 1 aliphatic heterocycles. The van der Waals surface area contributed by atoms with E-state index in [1.165, 1.54) is 6.42 Å². The van der Waals surface area contributed by atoms with Crippen molar-refractivity contribution in [3.8, 4) is 0 Å². The van der Waals surface area contributed by atoms with Crippen molar-refractivity contribution in [2.24, 2.45) is 28.7 Å². The minimum absolute atomic E-state index is 0.0946. The lowest BCUT2D eigenvalue weighted by atomic mass is 9.55. The number of ether oxygens (including phenoxy) is 1. The van der Waals surface area contributed by atoms with E-state index in [1.807, 2.05) is 47.4 Å². The normalized spacial score (nSPS) is 31.5. The maximum absolute atomic E-state index is 13.1. The summed E-state index contributed by atoms with van der Waals surface area (Å²) < 4.78 is 5.99. The molecular weight excluding hydrogens is 478 g/mol. The Balaban J connectivity index is 1.21. The fourth-order valence-corrected chi connectivity index (χ4v) is 7.69. The summed E-state index contributed by atoms with van der Waals surface area (Å²) in [6.07, 6.45) is 5.14. The van der Waals surface area contributed by atoms with Gasteiger partial charge in [-0.25, -0.2) is 9.59 Å². The smallest absolute Gasteiger partial charge is 0.408 e. The summed E-state index contributed by atoms with van der Waals surface area (Å²) in [5.41, 5.74) is 2.50. The number of hydrogen-bond acceptors (Lipinski definition) is 5. The number of fused-ring (bicyclic) bond motifs is 1. The van der Waals surface area contributed by atoms with Crippen LogP contribution in [-0.2, 0) is 9.53 Å². The largest absolute Gasteiger partial charge is 0.479 e. The third-order valence-corrected chi connectivity index (χ3v) is 9.42. The van der Waals surface area contributed by atoms with Gasteiger partial charge < -0.3 is 15.2 Å². The van der Waals surface area contributed by atoms with Gasteiger partial charge in [-0.15, -0.1) is 0 Å². The van der Waals surface area contributed by atoms with Crippen molar-refractivity contribution in [3.05, 3.63) is 71.3 Å². The van der Waals surface area contributed by atoms with Crippen molar-refractivity contribution in [2.45, 2.75) is 63.6 Å². The zero-order valence-electron chi connectivity index (χ0n) is 22.2. The van der Waals surface area contributed by atoms with Crippen molar-refractivity contribution in [2.75, 3.05) is 13.2 Å². The van der Waals surface area contributed by atoms with Gasteiger partial charge in [0, 0.05) is 23.7 Å². The number of carbonyl (C=O) groups excluding carboxylic acids is 1. The Kier molecular flexibility index (Phi) is 6.50. The number of aliphatic carboxylic acids is 1. The number of nitrogens with one attached hydrogen (secondary N) is 1. The van der Waals surface area contributed by atoms with Gasteiger partial charge in [0.2, 0.25) is 0 Å². The molecule has 0 saturated heterocycles. The molecule has 7 heteroatoms. The molecule has 4 saturated carbocycles. The molecule has 38 heavy (non-hydrogen) atoms. The standard InChI is InChI=1S/C31H37N3O4/c1-19-25-10-6-7-11-26(25)27(22-8-4-3-5-9-22)32-18-34(19)17-31(2,29(35)36)33-30(37)38-28-23-13-20-12-21(15-23)16-24(28)14-20/h3-11,19-21,23-24,28H,12-18H2,1-2H3,(H,33,37)(H,35,36)/t19?,20?,21?,23?,24?,28?,31-/m0/s1. The lowest BCUT2D eigenvalue weighted by Crippen LogP contribution is -2.60. The molecule has 2 N–H and O–H groups in total. The molecule has 4 fully saturated rings. The van der Waals surface area contributed by atoms with E-state index in [1.54, 1.807) is 6.92 Å². The van der Waals surface area contributed by atoms with Gasteiger partial charge in [-0.3, -0.25) is 9.89 Å². The summed E-state index contributed by atoms with van der Waals surface area (Å²) >= 11 is 0. The van der Waals surface area contributed by atoms with Crippen LogP contribution in [0, 0.1) is 23.7 Å². The molecule has 2 aromatic carbocycles. The second-order valence-corrected chi connectivity index (χ2v) is 12.1. The van der Waals surface area contributed by atoms with Crippen LogP contribution in [0.4, 0.5) is 4.79 Å². The molecule has 1 unspecified atom stereocenters. The average molecular weight is 516 g/mol. The number of aliphatic imine (C=N–C) groups is 1. The molecule has 4 bridgehead atoms. The lowest BCUT2D eigenvalue weighted by molar-refractivity contribution is -0.145. The van der Waals surface area contributed by atoms with Gasteiger partial charge in [-0.05, 0) is 75.2 Å². The van der Waals surface area contributed by atoms with Crippen LogP contribution in [0.5, 0.6) is 0 Å². The van der Waals surface area contributed by atoms with E-state index in [0.29, 0.717) is 18.5 Å². The van der Waals surface area contributed by atoms with E-state index in [-0.39, 0.29) is 18.7 Å². The van der Waals surface area contributed by atoms with Gasteiger partial charge in [-0.2, -0.15) is 0 Å². The number of carbonyl (C=O) groups is 2. The molecule has 0 aromatic heterocycles. The van der Waals surface area contributed by atoms with Crippen LogP contribution in [0.1, 0.15) is 68.7 Å². The Morgan fingerprint density at radius 1 is 1.00 bits per heavy atom. The maximum atomic E-state index is 13.1. The molecule has 200 valence electrons. The Hall–Kier alpha value is -3.19. The SMILES string of the molecule is CC1c2ccccc2C(c2ccccc2)=NCN1C[C@](C)(NC(=O)OC1C2CC3CC(C2)CC1C3)C(=O)O. The maximum Gasteiger partial charge on any atom is 0.408 e. The molecule has 2 aromatic rings. The number of carboxylic acid groups (broad SMARTS) is 1. The number of hydrogen-bond donors (Lipinski definition) is 2. The second-order valence-electron chi connectivity index (χ2n) is 12.1. The van der Waals surface area contributed by atoms with E-state index < -0.39 is 17.6 Å². The third-order valence-electron chi connectivity index (χ3n) is 9.42. The zero-order chi connectivity index (χ0) is 26.4. The van der Waals surface area contributed by atoms with E-state index in [2.05, 4.69) is 24.4 Å². The Morgan fingerprint density at radius 3 is 2.29 bits per heavy atom. The van der Waals surface area contributed by atoms with Crippen LogP contribution >= 0.6 is 0 Å². The van der Waals surface area contributed by atoms with E-state index >= 15 is 0 Å². The van der Waals surface area contributed by atoms with Crippen molar-refractivity contribution < 1.29 is 19.4 Å². The summed E-state index contributed by atoms with van der Waals surface area (Å²) in [6, 6.07) is 18.1. The van der Waals surface area contributed by atoms with Crippen molar-refractivity contribution in [3.63, 3.8) is 0 Å². The fraction of sp³-hybridized carbons (Fsp3) is 0.516. The van der Waals surface area contributed by atoms with Crippen LogP contribution in [0.25, 0.3) is 0 Å². The predicted molar refractivity (Wildman–Crippen MR) is 145 cm³/mol. The lowest BCUT2D eigenvalue weighted by Gasteiger charge is -2.53. The number of alkyl carbamates (subject to hydrolysis) is 1. The minimum atomic E-state index is -1.53. The number of amides is 1. The van der Waals surface area contributed by atoms with Gasteiger partial charge in [0.25, 0.3) is 0 Å². The van der Waals surface area contributed by atoms with Gasteiger partial charge in [0.05, 0.1) is 12.4 Å². The molecule has 0 radical (unpaired) electrons. The van der Waals surface area contributed by atoms with E-state index in [9.17, 15) is 14.7 Å². The van der Waals surface area contributed by atoms with Crippen molar-refractivity contribution >= 4 is 17.8 Å². The molecule has 1 amide bonds. The topological polar surface area (TPSA) is 91.2 Å². The van der Waals surface area contributed by atoms with Crippen LogP contribution in [0.2, 0.25) is 0 Å². The summed E-state index contributed by atoms with van der Waals surface area (Å²) in [6.45, 7) is 4.05. The van der Waals surface area contributed by atoms with Gasteiger partial charge in [0.1, 0.15) is 6.10 Å². The van der Waals surface area contributed by atoms with E-state index in [0.717, 1.165) is 59.9 Å². The fourth-order valence-electron chi connectivity index (χ4n) is 7.69. The quantitative estimate of drug-likeness (QED) is 0.548. The highest BCUT2D eigenvalue weighted by molar-refractivity contribution is 6.14. The first kappa shape index (κ1) is 25.1. The molecule has 1 heterocycles. The number of carboxylic acids is 1. The van der Waals surface area contributed by atoms with Gasteiger partial charge in [-0.1, -0.05) is 54.6 Å². The number of benzene rings is 2. The molecule has 2 atom stereocenters. The highest BCUT2D eigenvalue weighted by atomic mass is 16.6. The summed E-state index contributed by atoms with van der Waals surface area (Å²) in [7, 11) is 0. The van der Waals surface area contributed by atoms with Crippen molar-refractivity contribution in [1.82, 2.24) is 10.2 Å². The Labute approximate surface area is 224 Å². The predicted octanol–water partition coefficient (Wildman–Crippen LogP) is 5.25. The highest BCUT2D eigenvalue weighted by Crippen LogP contribution is 2.54. The zero-order valence-corrected chi connectivity index (χ0v) is 22.2. The second kappa shape index (κ2) is 9.84. The van der Waals surface area contributed by atoms with Gasteiger partial charge >= 0.3 is 12.1 Å². The average Bonchev–Trinajstić information content (AvgIpc) is 3.03. The van der Waals surface area contributed by atoms with Gasteiger partial charge in [0.15, 0.2) is 5.54 Å². The molecule has 7 rings (SSSR count). The molecule has 7 nitrogen and oxygen atoms in total. The minimum Gasteiger partial charge on any atom is -0.479 e. The first-order valence-corrected chi connectivity index (χ1v) is 14.0. The summed E-state index contributed by atoms with van der Waals surface area (Å²) in [4.78, 5) is 32.7. The van der Waals surface area contributed by atoms with E-state index in [4.69, 9.17) is 9.73 Å². The Morgan fingerprint density at radius 2 is 1.63 bits per heavy atom. The Bertz CT molecular complexity index is 1220. The summed E-state index contributed by atoms with van der Waals surface area (Å²) in [5.74, 6) is 1.30. The van der Waals surface area contributed by atoms with Crippen LogP contribution in [0.3, 0.4) is 0 Å². The van der Waals surface area contributed by atoms with Crippen LogP contribution in [-0.4, -0.2) is 52.6 Å². The monoisotopic (exact) mass is 515 g/mol.